The molecule has 1 unspecified atom stereocenters. The van der Waals surface area contributed by atoms with Gasteiger partial charge in [-0.25, -0.2) is 9.59 Å². The van der Waals surface area contributed by atoms with E-state index in [2.05, 4.69) is 10.6 Å². The molecule has 0 aliphatic rings. The van der Waals surface area contributed by atoms with Crippen LogP contribution in [-0.4, -0.2) is 47.3 Å². The van der Waals surface area contributed by atoms with E-state index in [1.54, 1.807) is 0 Å². The molecule has 0 bridgehead atoms. The zero-order valence-electron chi connectivity index (χ0n) is 10.8. The lowest BCUT2D eigenvalue weighted by molar-refractivity contribution is 0.0670. The summed E-state index contributed by atoms with van der Waals surface area (Å²) >= 11 is 0. The van der Waals surface area contributed by atoms with Crippen LogP contribution in [0.15, 0.2) is 12.1 Å². The molecule has 0 spiro atoms. The van der Waals surface area contributed by atoms with Crippen LogP contribution in [0.3, 0.4) is 0 Å². The van der Waals surface area contributed by atoms with E-state index < -0.39 is 29.6 Å². The number of carboxylic acid groups (broad SMARTS) is 2. The van der Waals surface area contributed by atoms with Crippen molar-refractivity contribution in [1.82, 2.24) is 10.6 Å². The summed E-state index contributed by atoms with van der Waals surface area (Å²) < 4.78 is 0. The number of hydrogen-bond donors (Lipinski definition) is 5. The average Bonchev–Trinajstić information content (AvgIpc) is 2.43. The Labute approximate surface area is 114 Å². The van der Waals surface area contributed by atoms with Crippen molar-refractivity contribution in [2.45, 2.75) is 6.23 Å². The van der Waals surface area contributed by atoms with Crippen molar-refractivity contribution in [3.63, 3.8) is 0 Å². The Morgan fingerprint density at radius 1 is 1.00 bits per heavy atom. The van der Waals surface area contributed by atoms with Gasteiger partial charge in [-0.2, -0.15) is 0 Å². The minimum Gasteiger partial charge on any atom is -0.478 e. The standard InChI is InChI=1S/C12H14N2O6/c1-13-9(15)5-3-8(12(19)20)6(10(16)14-2)4-7(5)11(17)18/h3-4,9,13,15H,1-2H3,(H,14,16)(H,17,18)(H,19,20). The van der Waals surface area contributed by atoms with Crippen LogP contribution in [0.1, 0.15) is 42.9 Å². The Bertz CT molecular complexity index is 569. The van der Waals surface area contributed by atoms with E-state index >= 15 is 0 Å². The average molecular weight is 282 g/mol. The Balaban J connectivity index is 3.63. The van der Waals surface area contributed by atoms with Crippen LogP contribution in [0.25, 0.3) is 0 Å². The van der Waals surface area contributed by atoms with Crippen molar-refractivity contribution in [3.8, 4) is 0 Å². The molecule has 0 radical (unpaired) electrons. The molecule has 0 fully saturated rings. The van der Waals surface area contributed by atoms with Gasteiger partial charge in [0.25, 0.3) is 5.91 Å². The molecule has 1 aromatic rings. The predicted octanol–water partition coefficient (Wildman–Crippen LogP) is -0.347. The van der Waals surface area contributed by atoms with Crippen molar-refractivity contribution >= 4 is 17.8 Å². The van der Waals surface area contributed by atoms with E-state index in [0.29, 0.717) is 0 Å². The summed E-state index contributed by atoms with van der Waals surface area (Å²) in [6.07, 6.45) is -1.36. The number of nitrogens with one attached hydrogen (secondary N) is 2. The van der Waals surface area contributed by atoms with Gasteiger partial charge in [-0.15, -0.1) is 0 Å². The van der Waals surface area contributed by atoms with Crippen LogP contribution in [-0.2, 0) is 0 Å². The summed E-state index contributed by atoms with van der Waals surface area (Å²) in [5.74, 6) is -3.50. The van der Waals surface area contributed by atoms with E-state index in [1.807, 2.05) is 0 Å². The zero-order chi connectivity index (χ0) is 15.4. The number of rotatable bonds is 5. The van der Waals surface area contributed by atoms with Gasteiger partial charge in [0.2, 0.25) is 0 Å². The molecular weight excluding hydrogens is 268 g/mol. The minimum absolute atomic E-state index is 0.134. The second-order valence-electron chi connectivity index (χ2n) is 3.87. The molecule has 0 aliphatic heterocycles. The molecule has 1 atom stereocenters. The van der Waals surface area contributed by atoms with Crippen molar-refractivity contribution in [3.05, 3.63) is 34.4 Å². The molecule has 5 N–H and O–H groups in total. The number of carbonyl (C=O) groups is 3. The van der Waals surface area contributed by atoms with E-state index in [-0.39, 0.29) is 16.7 Å². The van der Waals surface area contributed by atoms with Gasteiger partial charge >= 0.3 is 11.9 Å². The van der Waals surface area contributed by atoms with Gasteiger partial charge in [0.05, 0.1) is 16.7 Å². The van der Waals surface area contributed by atoms with Gasteiger partial charge in [0.15, 0.2) is 0 Å². The summed E-state index contributed by atoms with van der Waals surface area (Å²) in [7, 11) is 2.67. The summed E-state index contributed by atoms with van der Waals surface area (Å²) in [6, 6.07) is 1.90. The molecule has 1 aromatic carbocycles. The van der Waals surface area contributed by atoms with Gasteiger partial charge in [0.1, 0.15) is 6.23 Å². The van der Waals surface area contributed by atoms with Crippen LogP contribution in [0.4, 0.5) is 0 Å². The number of aliphatic hydroxyl groups excluding tert-OH is 1. The summed E-state index contributed by atoms with van der Waals surface area (Å²) in [6.45, 7) is 0. The quantitative estimate of drug-likeness (QED) is 0.466. The van der Waals surface area contributed by atoms with Gasteiger partial charge in [0, 0.05) is 12.6 Å². The van der Waals surface area contributed by atoms with E-state index in [4.69, 9.17) is 10.2 Å². The molecule has 8 heteroatoms. The third-order valence-corrected chi connectivity index (χ3v) is 2.69. The third-order valence-electron chi connectivity index (χ3n) is 2.69. The molecule has 0 heterocycles. The summed E-state index contributed by atoms with van der Waals surface area (Å²) in [5.41, 5.74) is -1.16. The second kappa shape index (κ2) is 6.13. The highest BCUT2D eigenvalue weighted by Crippen LogP contribution is 2.22. The molecule has 0 aliphatic carbocycles. The fraction of sp³-hybridized carbons (Fsp3) is 0.250. The highest BCUT2D eigenvalue weighted by molar-refractivity contribution is 6.07. The fourth-order valence-corrected chi connectivity index (χ4v) is 1.68. The maximum atomic E-state index is 11.6. The first-order valence-electron chi connectivity index (χ1n) is 5.55. The maximum absolute atomic E-state index is 11.6. The first kappa shape index (κ1) is 15.6. The number of hydrogen-bond acceptors (Lipinski definition) is 5. The van der Waals surface area contributed by atoms with Gasteiger partial charge in [-0.05, 0) is 19.2 Å². The molecular formula is C12H14N2O6. The molecule has 20 heavy (non-hydrogen) atoms. The summed E-state index contributed by atoms with van der Waals surface area (Å²) in [4.78, 5) is 33.9. The third kappa shape index (κ3) is 2.92. The molecule has 1 rings (SSSR count). The van der Waals surface area contributed by atoms with Crippen molar-refractivity contribution in [1.29, 1.82) is 0 Å². The Morgan fingerprint density at radius 3 is 1.95 bits per heavy atom. The number of carboxylic acids is 2. The minimum atomic E-state index is -1.40. The molecule has 108 valence electrons. The van der Waals surface area contributed by atoms with Gasteiger partial charge < -0.3 is 20.6 Å². The molecule has 1 amide bonds. The van der Waals surface area contributed by atoms with Crippen LogP contribution in [0, 0.1) is 0 Å². The van der Waals surface area contributed by atoms with E-state index in [0.717, 1.165) is 12.1 Å². The first-order valence-corrected chi connectivity index (χ1v) is 5.55. The zero-order valence-corrected chi connectivity index (χ0v) is 10.8. The van der Waals surface area contributed by atoms with E-state index in [9.17, 15) is 19.5 Å². The monoisotopic (exact) mass is 282 g/mol. The van der Waals surface area contributed by atoms with Gasteiger partial charge in [-0.1, -0.05) is 0 Å². The Morgan fingerprint density at radius 2 is 1.55 bits per heavy atom. The van der Waals surface area contributed by atoms with Crippen LogP contribution in [0.2, 0.25) is 0 Å². The predicted molar refractivity (Wildman–Crippen MR) is 67.8 cm³/mol. The first-order chi connectivity index (χ1) is 9.33. The second-order valence-corrected chi connectivity index (χ2v) is 3.87. The smallest absolute Gasteiger partial charge is 0.336 e. The van der Waals surface area contributed by atoms with Crippen LogP contribution >= 0.6 is 0 Å². The van der Waals surface area contributed by atoms with Crippen molar-refractivity contribution < 1.29 is 29.7 Å². The lowest BCUT2D eigenvalue weighted by Crippen LogP contribution is -2.25. The number of benzene rings is 1. The molecule has 0 aromatic heterocycles. The Kier molecular flexibility index (Phi) is 4.78. The number of carbonyl (C=O) groups excluding carboxylic acids is 1. The maximum Gasteiger partial charge on any atom is 0.336 e. The lowest BCUT2D eigenvalue weighted by atomic mass is 9.96. The normalized spacial score (nSPS) is 11.8. The molecule has 0 saturated heterocycles. The highest BCUT2D eigenvalue weighted by atomic mass is 16.4. The summed E-state index contributed by atoms with van der Waals surface area (Å²) in [5, 5.41) is 32.5. The SMILES string of the molecule is CNC(=O)c1cc(C(=O)O)c(C(O)NC)cc1C(=O)O. The van der Waals surface area contributed by atoms with Crippen LogP contribution < -0.4 is 10.6 Å². The van der Waals surface area contributed by atoms with Gasteiger partial charge in [-0.3, -0.25) is 10.1 Å². The number of aromatic carboxylic acids is 2. The lowest BCUT2D eigenvalue weighted by Gasteiger charge is -2.15. The molecule has 0 saturated carbocycles. The number of aliphatic hydroxyl groups is 1. The largest absolute Gasteiger partial charge is 0.478 e. The number of amides is 1. The van der Waals surface area contributed by atoms with Crippen molar-refractivity contribution in [2.24, 2.45) is 0 Å². The van der Waals surface area contributed by atoms with Crippen molar-refractivity contribution in [2.75, 3.05) is 14.1 Å². The Hall–Kier alpha value is -2.45. The van der Waals surface area contributed by atoms with E-state index in [1.165, 1.54) is 14.1 Å². The van der Waals surface area contributed by atoms with Crippen LogP contribution in [0.5, 0.6) is 0 Å². The highest BCUT2D eigenvalue weighted by Gasteiger charge is 2.24. The molecule has 8 nitrogen and oxygen atoms in total. The fourth-order valence-electron chi connectivity index (χ4n) is 1.68. The topological polar surface area (TPSA) is 136 Å².